The number of carboxylic acids is 1. The van der Waals surface area contributed by atoms with Crippen LogP contribution < -0.4 is 0 Å². The third-order valence-corrected chi connectivity index (χ3v) is 2.13. The molecule has 0 atom stereocenters. The quantitative estimate of drug-likeness (QED) is 0.794. The molecule has 0 spiro atoms. The van der Waals surface area contributed by atoms with Gasteiger partial charge in [0.15, 0.2) is 0 Å². The number of hydrogen-bond acceptors (Lipinski definition) is 2. The van der Waals surface area contributed by atoms with Crippen LogP contribution in [-0.2, 0) is 11.2 Å². The normalized spacial score (nSPS) is 10.6. The van der Waals surface area contributed by atoms with Gasteiger partial charge in [-0.15, -0.1) is 0 Å². The van der Waals surface area contributed by atoms with Crippen molar-refractivity contribution in [2.45, 2.75) is 12.8 Å². The van der Waals surface area contributed by atoms with Crippen LogP contribution in [-0.4, -0.2) is 20.7 Å². The first-order chi connectivity index (χ1) is 6.77. The fourth-order valence-electron chi connectivity index (χ4n) is 1.47. The fraction of sp³-hybridized carbons (Fsp3) is 0.200. The Morgan fingerprint density at radius 2 is 2.36 bits per heavy atom. The highest BCUT2D eigenvalue weighted by atomic mass is 16.4. The van der Waals surface area contributed by atoms with E-state index in [0.29, 0.717) is 6.42 Å². The van der Waals surface area contributed by atoms with Crippen molar-refractivity contribution in [1.29, 1.82) is 0 Å². The van der Waals surface area contributed by atoms with Gasteiger partial charge in [0.1, 0.15) is 0 Å². The number of aryl methyl sites for hydroxylation is 1. The summed E-state index contributed by atoms with van der Waals surface area (Å²) >= 11 is 0. The molecule has 0 aliphatic heterocycles. The predicted molar refractivity (Wildman–Crippen MR) is 51.1 cm³/mol. The first kappa shape index (κ1) is 8.74. The van der Waals surface area contributed by atoms with Crippen LogP contribution in [0.3, 0.4) is 0 Å². The summed E-state index contributed by atoms with van der Waals surface area (Å²) in [6.07, 6.45) is 4.26. The third kappa shape index (κ3) is 1.59. The highest BCUT2D eigenvalue weighted by Crippen LogP contribution is 2.11. The second-order valence-corrected chi connectivity index (χ2v) is 3.09. The highest BCUT2D eigenvalue weighted by molar-refractivity contribution is 5.68. The Morgan fingerprint density at radius 3 is 3.14 bits per heavy atom. The Balaban J connectivity index is 2.32. The van der Waals surface area contributed by atoms with E-state index in [9.17, 15) is 4.79 Å². The monoisotopic (exact) mass is 190 g/mol. The first-order valence-corrected chi connectivity index (χ1v) is 4.40. The summed E-state index contributed by atoms with van der Waals surface area (Å²) in [5.41, 5.74) is 2.00. The van der Waals surface area contributed by atoms with E-state index in [0.717, 1.165) is 11.1 Å². The van der Waals surface area contributed by atoms with Gasteiger partial charge in [-0.05, 0) is 24.1 Å². The molecule has 4 nitrogen and oxygen atoms in total. The molecule has 72 valence electrons. The van der Waals surface area contributed by atoms with E-state index < -0.39 is 5.97 Å². The van der Waals surface area contributed by atoms with E-state index >= 15 is 0 Å². The van der Waals surface area contributed by atoms with Crippen LogP contribution in [0.1, 0.15) is 12.0 Å². The zero-order valence-electron chi connectivity index (χ0n) is 7.55. The molecular formula is C10H10N2O2. The lowest BCUT2D eigenvalue weighted by Gasteiger charge is -2.01. The fourth-order valence-corrected chi connectivity index (χ4v) is 1.47. The maximum Gasteiger partial charge on any atom is 0.303 e. The Kier molecular flexibility index (Phi) is 2.18. The van der Waals surface area contributed by atoms with E-state index in [1.54, 1.807) is 10.7 Å². The largest absolute Gasteiger partial charge is 0.481 e. The van der Waals surface area contributed by atoms with Gasteiger partial charge in [-0.2, -0.15) is 5.10 Å². The Labute approximate surface area is 80.8 Å². The second kappa shape index (κ2) is 3.49. The van der Waals surface area contributed by atoms with Gasteiger partial charge in [0.25, 0.3) is 0 Å². The topological polar surface area (TPSA) is 54.6 Å². The molecule has 0 saturated carbocycles. The molecule has 2 aromatic rings. The van der Waals surface area contributed by atoms with Crippen LogP contribution in [0.15, 0.2) is 30.6 Å². The summed E-state index contributed by atoms with van der Waals surface area (Å²) in [5, 5.41) is 12.7. The lowest BCUT2D eigenvalue weighted by Crippen LogP contribution is -1.99. The maximum absolute atomic E-state index is 10.4. The minimum Gasteiger partial charge on any atom is -0.481 e. The van der Waals surface area contributed by atoms with Crippen LogP contribution >= 0.6 is 0 Å². The molecule has 0 aromatic carbocycles. The molecule has 0 aliphatic rings. The lowest BCUT2D eigenvalue weighted by atomic mass is 10.1. The number of aromatic nitrogens is 2. The molecule has 0 amide bonds. The minimum atomic E-state index is -0.772. The van der Waals surface area contributed by atoms with E-state index in [-0.39, 0.29) is 6.42 Å². The molecule has 2 rings (SSSR count). The van der Waals surface area contributed by atoms with E-state index in [4.69, 9.17) is 5.11 Å². The van der Waals surface area contributed by atoms with Crippen LogP contribution in [0.2, 0.25) is 0 Å². The van der Waals surface area contributed by atoms with E-state index in [2.05, 4.69) is 5.10 Å². The number of fused-ring (bicyclic) bond motifs is 1. The summed E-state index contributed by atoms with van der Waals surface area (Å²) in [5.74, 6) is -0.772. The van der Waals surface area contributed by atoms with Crippen molar-refractivity contribution in [1.82, 2.24) is 9.61 Å². The number of carboxylic acid groups (broad SMARTS) is 1. The van der Waals surface area contributed by atoms with E-state index in [1.165, 1.54) is 0 Å². The van der Waals surface area contributed by atoms with Crippen LogP contribution in [0.25, 0.3) is 5.52 Å². The molecule has 0 saturated heterocycles. The van der Waals surface area contributed by atoms with Crippen molar-refractivity contribution in [3.8, 4) is 0 Å². The molecule has 14 heavy (non-hydrogen) atoms. The number of pyridine rings is 1. The second-order valence-electron chi connectivity index (χ2n) is 3.09. The van der Waals surface area contributed by atoms with Gasteiger partial charge < -0.3 is 5.11 Å². The van der Waals surface area contributed by atoms with Crippen LogP contribution in [0.4, 0.5) is 0 Å². The average Bonchev–Trinajstić information content (AvgIpc) is 2.62. The van der Waals surface area contributed by atoms with Gasteiger partial charge in [-0.3, -0.25) is 4.79 Å². The van der Waals surface area contributed by atoms with Gasteiger partial charge in [0.05, 0.1) is 5.52 Å². The van der Waals surface area contributed by atoms with Crippen molar-refractivity contribution >= 4 is 11.5 Å². The standard InChI is InChI=1S/C10H10N2O2/c13-10(14)4-3-8-2-1-7-12-9(8)5-6-11-12/h1-2,5-7H,3-4H2,(H,13,14). The smallest absolute Gasteiger partial charge is 0.303 e. The van der Waals surface area contributed by atoms with Crippen molar-refractivity contribution in [3.05, 3.63) is 36.2 Å². The van der Waals surface area contributed by atoms with Crippen molar-refractivity contribution in [2.24, 2.45) is 0 Å². The summed E-state index contributed by atoms with van der Waals surface area (Å²) in [6.45, 7) is 0. The van der Waals surface area contributed by atoms with Crippen molar-refractivity contribution in [3.63, 3.8) is 0 Å². The number of carbonyl (C=O) groups is 1. The molecule has 0 radical (unpaired) electrons. The maximum atomic E-state index is 10.4. The Hall–Kier alpha value is -1.84. The summed E-state index contributed by atoms with van der Waals surface area (Å²) in [4.78, 5) is 10.4. The molecule has 0 fully saturated rings. The molecule has 4 heteroatoms. The summed E-state index contributed by atoms with van der Waals surface area (Å²) in [7, 11) is 0. The zero-order chi connectivity index (χ0) is 9.97. The number of hydrogen-bond donors (Lipinski definition) is 1. The van der Waals surface area contributed by atoms with Gasteiger partial charge >= 0.3 is 5.97 Å². The molecule has 2 heterocycles. The average molecular weight is 190 g/mol. The van der Waals surface area contributed by atoms with Crippen molar-refractivity contribution < 1.29 is 9.90 Å². The van der Waals surface area contributed by atoms with Gasteiger partial charge in [-0.25, -0.2) is 4.52 Å². The van der Waals surface area contributed by atoms with Gasteiger partial charge in [-0.1, -0.05) is 6.07 Å². The van der Waals surface area contributed by atoms with E-state index in [1.807, 2.05) is 24.4 Å². The summed E-state index contributed by atoms with van der Waals surface area (Å²) in [6, 6.07) is 5.69. The molecule has 0 unspecified atom stereocenters. The highest BCUT2D eigenvalue weighted by Gasteiger charge is 2.03. The lowest BCUT2D eigenvalue weighted by molar-refractivity contribution is -0.136. The third-order valence-electron chi connectivity index (χ3n) is 2.13. The Bertz CT molecular complexity index is 462. The summed E-state index contributed by atoms with van der Waals surface area (Å²) < 4.78 is 1.75. The number of nitrogens with zero attached hydrogens (tertiary/aromatic N) is 2. The van der Waals surface area contributed by atoms with Gasteiger partial charge in [0, 0.05) is 18.8 Å². The molecule has 0 aliphatic carbocycles. The first-order valence-electron chi connectivity index (χ1n) is 4.40. The number of rotatable bonds is 3. The molecule has 1 N–H and O–H groups in total. The molecule has 2 aromatic heterocycles. The SMILES string of the molecule is O=C(O)CCc1cccn2nccc12. The van der Waals surface area contributed by atoms with Crippen LogP contribution in [0.5, 0.6) is 0 Å². The van der Waals surface area contributed by atoms with Crippen molar-refractivity contribution in [2.75, 3.05) is 0 Å². The molecular weight excluding hydrogens is 180 g/mol. The predicted octanol–water partition coefficient (Wildman–Crippen LogP) is 1.35. The van der Waals surface area contributed by atoms with Crippen LogP contribution in [0, 0.1) is 0 Å². The zero-order valence-corrected chi connectivity index (χ0v) is 7.55. The minimum absolute atomic E-state index is 0.158. The van der Waals surface area contributed by atoms with Gasteiger partial charge in [0.2, 0.25) is 0 Å². The molecule has 0 bridgehead atoms. The Morgan fingerprint density at radius 1 is 1.50 bits per heavy atom. The number of aliphatic carboxylic acids is 1.